The van der Waals surface area contributed by atoms with Gasteiger partial charge in [0, 0.05) is 18.8 Å². The predicted octanol–water partition coefficient (Wildman–Crippen LogP) is 1.26. The van der Waals surface area contributed by atoms with Gasteiger partial charge in [-0.2, -0.15) is 0 Å². The van der Waals surface area contributed by atoms with Crippen molar-refractivity contribution < 1.29 is 14.7 Å². The van der Waals surface area contributed by atoms with Crippen LogP contribution in [0.15, 0.2) is 24.3 Å². The fraction of sp³-hybridized carbons (Fsp3) is 0.467. The lowest BCUT2D eigenvalue weighted by molar-refractivity contribution is -0.141. The molecule has 1 amide bonds. The van der Waals surface area contributed by atoms with Gasteiger partial charge in [0.2, 0.25) is 5.91 Å². The summed E-state index contributed by atoms with van der Waals surface area (Å²) in [6, 6.07) is 7.45. The van der Waals surface area contributed by atoms with Crippen molar-refractivity contribution in [3.05, 3.63) is 29.8 Å². The second-order valence-electron chi connectivity index (χ2n) is 5.87. The molecule has 1 unspecified atom stereocenters. The summed E-state index contributed by atoms with van der Waals surface area (Å²) in [4.78, 5) is 25.5. The minimum absolute atomic E-state index is 0.126. The van der Waals surface area contributed by atoms with Crippen LogP contribution in [0.2, 0.25) is 0 Å². The zero-order valence-electron chi connectivity index (χ0n) is 11.8. The van der Waals surface area contributed by atoms with E-state index in [1.165, 1.54) is 0 Å². The van der Waals surface area contributed by atoms with Crippen molar-refractivity contribution in [3.63, 3.8) is 0 Å². The largest absolute Gasteiger partial charge is 0.481 e. The van der Waals surface area contributed by atoms with E-state index in [1.807, 2.05) is 24.3 Å². The van der Waals surface area contributed by atoms with Crippen LogP contribution in [-0.4, -0.2) is 30.1 Å². The number of rotatable bonds is 3. The first-order valence-corrected chi connectivity index (χ1v) is 6.69. The lowest BCUT2D eigenvalue weighted by Crippen LogP contribution is -2.50. The number of amides is 1. The lowest BCUT2D eigenvalue weighted by atomic mass is 9.87. The Morgan fingerprint density at radius 1 is 1.40 bits per heavy atom. The highest BCUT2D eigenvalue weighted by Gasteiger charge is 2.37. The molecule has 5 nitrogen and oxygen atoms in total. The first-order valence-electron chi connectivity index (χ1n) is 6.69. The molecule has 3 N–H and O–H groups in total. The summed E-state index contributed by atoms with van der Waals surface area (Å²) in [6.45, 7) is 3.99. The second-order valence-corrected chi connectivity index (χ2v) is 5.87. The molecule has 0 saturated heterocycles. The number of hydrogen-bond acceptors (Lipinski definition) is 3. The third kappa shape index (κ3) is 2.54. The summed E-state index contributed by atoms with van der Waals surface area (Å²) in [5.41, 5.74) is 6.66. The van der Waals surface area contributed by atoms with E-state index in [-0.39, 0.29) is 19.0 Å². The fourth-order valence-electron chi connectivity index (χ4n) is 2.41. The van der Waals surface area contributed by atoms with Gasteiger partial charge in [-0.25, -0.2) is 0 Å². The average molecular weight is 276 g/mol. The molecule has 1 aliphatic rings. The Morgan fingerprint density at radius 2 is 2.05 bits per heavy atom. The number of carboxylic acids is 1. The number of anilines is 1. The SMILES string of the molecule is CC(C)(CN)C(=O)N1CC(C(=O)O)Cc2ccccc21. The van der Waals surface area contributed by atoms with Crippen molar-refractivity contribution in [2.24, 2.45) is 17.1 Å². The number of carbonyl (C=O) groups excluding carboxylic acids is 1. The first kappa shape index (κ1) is 14.5. The van der Waals surface area contributed by atoms with Crippen LogP contribution in [0.3, 0.4) is 0 Å². The molecular weight excluding hydrogens is 256 g/mol. The van der Waals surface area contributed by atoms with E-state index in [9.17, 15) is 14.7 Å². The molecule has 5 heteroatoms. The number of carboxylic acid groups (broad SMARTS) is 1. The summed E-state index contributed by atoms with van der Waals surface area (Å²) in [5, 5.41) is 9.26. The summed E-state index contributed by atoms with van der Waals surface area (Å²) < 4.78 is 0. The van der Waals surface area contributed by atoms with Crippen LogP contribution in [0.1, 0.15) is 19.4 Å². The molecule has 1 aliphatic heterocycles. The Labute approximate surface area is 118 Å². The molecular formula is C15H20N2O3. The van der Waals surface area contributed by atoms with Gasteiger partial charge in [-0.3, -0.25) is 9.59 Å². The van der Waals surface area contributed by atoms with Gasteiger partial charge in [0.05, 0.1) is 11.3 Å². The Bertz CT molecular complexity index is 540. The van der Waals surface area contributed by atoms with E-state index in [2.05, 4.69) is 0 Å². The van der Waals surface area contributed by atoms with Crippen molar-refractivity contribution in [2.45, 2.75) is 20.3 Å². The van der Waals surface area contributed by atoms with Crippen LogP contribution in [0.5, 0.6) is 0 Å². The van der Waals surface area contributed by atoms with Gasteiger partial charge in [-0.15, -0.1) is 0 Å². The van der Waals surface area contributed by atoms with E-state index in [0.29, 0.717) is 6.42 Å². The van der Waals surface area contributed by atoms with E-state index in [0.717, 1.165) is 11.3 Å². The molecule has 0 saturated carbocycles. The lowest BCUT2D eigenvalue weighted by Gasteiger charge is -2.37. The maximum absolute atomic E-state index is 12.6. The highest BCUT2D eigenvalue weighted by molar-refractivity contribution is 5.99. The van der Waals surface area contributed by atoms with Gasteiger partial charge in [0.25, 0.3) is 0 Å². The maximum Gasteiger partial charge on any atom is 0.308 e. The summed E-state index contributed by atoms with van der Waals surface area (Å²) >= 11 is 0. The number of nitrogens with two attached hydrogens (primary N) is 1. The van der Waals surface area contributed by atoms with Crippen LogP contribution in [-0.2, 0) is 16.0 Å². The number of hydrogen-bond donors (Lipinski definition) is 2. The van der Waals surface area contributed by atoms with Crippen molar-refractivity contribution in [1.82, 2.24) is 0 Å². The van der Waals surface area contributed by atoms with E-state index in [1.54, 1.807) is 18.7 Å². The van der Waals surface area contributed by atoms with Crippen molar-refractivity contribution in [2.75, 3.05) is 18.0 Å². The molecule has 0 aliphatic carbocycles. The fourth-order valence-corrected chi connectivity index (χ4v) is 2.41. The average Bonchev–Trinajstić information content (AvgIpc) is 2.45. The molecule has 1 aromatic rings. The number of nitrogens with zero attached hydrogens (tertiary/aromatic N) is 1. The standard InChI is InChI=1S/C15H20N2O3/c1-15(2,9-16)14(20)17-8-11(13(18)19)7-10-5-3-4-6-12(10)17/h3-6,11H,7-9,16H2,1-2H3,(H,18,19). The predicted molar refractivity (Wildman–Crippen MR) is 76.5 cm³/mol. The molecule has 2 rings (SSSR count). The van der Waals surface area contributed by atoms with E-state index < -0.39 is 17.3 Å². The summed E-state index contributed by atoms with van der Waals surface area (Å²) in [6.07, 6.45) is 0.457. The van der Waals surface area contributed by atoms with Gasteiger partial charge in [0.1, 0.15) is 0 Å². The number of benzene rings is 1. The number of carbonyl (C=O) groups is 2. The van der Waals surface area contributed by atoms with Gasteiger partial charge >= 0.3 is 5.97 Å². The zero-order chi connectivity index (χ0) is 14.9. The van der Waals surface area contributed by atoms with Crippen molar-refractivity contribution in [3.8, 4) is 0 Å². The highest BCUT2D eigenvalue weighted by Crippen LogP contribution is 2.32. The van der Waals surface area contributed by atoms with Crippen LogP contribution in [0, 0.1) is 11.3 Å². The smallest absolute Gasteiger partial charge is 0.308 e. The summed E-state index contributed by atoms with van der Waals surface area (Å²) in [5.74, 6) is -1.57. The van der Waals surface area contributed by atoms with E-state index in [4.69, 9.17) is 5.73 Å². The molecule has 0 fully saturated rings. The molecule has 1 heterocycles. The number of fused-ring (bicyclic) bond motifs is 1. The third-order valence-electron chi connectivity index (χ3n) is 3.84. The third-order valence-corrected chi connectivity index (χ3v) is 3.84. The molecule has 1 aromatic carbocycles. The highest BCUT2D eigenvalue weighted by atomic mass is 16.4. The van der Waals surface area contributed by atoms with Crippen LogP contribution < -0.4 is 10.6 Å². The Morgan fingerprint density at radius 3 is 2.65 bits per heavy atom. The topological polar surface area (TPSA) is 83.6 Å². The normalized spacial score (nSPS) is 18.6. The van der Waals surface area contributed by atoms with Gasteiger partial charge in [-0.1, -0.05) is 18.2 Å². The van der Waals surface area contributed by atoms with Crippen LogP contribution in [0.4, 0.5) is 5.69 Å². The minimum Gasteiger partial charge on any atom is -0.481 e. The molecule has 0 spiro atoms. The van der Waals surface area contributed by atoms with Gasteiger partial charge in [0.15, 0.2) is 0 Å². The quantitative estimate of drug-likeness (QED) is 0.870. The first-order chi connectivity index (χ1) is 9.36. The van der Waals surface area contributed by atoms with E-state index >= 15 is 0 Å². The Balaban J connectivity index is 2.41. The number of aliphatic carboxylic acids is 1. The van der Waals surface area contributed by atoms with Gasteiger partial charge < -0.3 is 15.7 Å². The molecule has 20 heavy (non-hydrogen) atoms. The Kier molecular flexibility index (Phi) is 3.81. The second kappa shape index (κ2) is 5.25. The van der Waals surface area contributed by atoms with Crippen molar-refractivity contribution in [1.29, 1.82) is 0 Å². The van der Waals surface area contributed by atoms with Crippen LogP contribution >= 0.6 is 0 Å². The molecule has 108 valence electrons. The maximum atomic E-state index is 12.6. The molecule has 1 atom stereocenters. The molecule has 0 radical (unpaired) electrons. The monoisotopic (exact) mass is 276 g/mol. The van der Waals surface area contributed by atoms with Crippen molar-refractivity contribution >= 4 is 17.6 Å². The van der Waals surface area contributed by atoms with Gasteiger partial charge in [-0.05, 0) is 31.9 Å². The Hall–Kier alpha value is -1.88. The zero-order valence-corrected chi connectivity index (χ0v) is 11.8. The number of para-hydroxylation sites is 1. The minimum atomic E-state index is -0.872. The summed E-state index contributed by atoms with van der Waals surface area (Å²) in [7, 11) is 0. The van der Waals surface area contributed by atoms with Crippen LogP contribution in [0.25, 0.3) is 0 Å². The molecule has 0 bridgehead atoms. The molecule has 0 aromatic heterocycles.